The molecule has 0 saturated carbocycles. The molecule has 0 unspecified atom stereocenters. The smallest absolute Gasteiger partial charge is 0.256 e. The van der Waals surface area contributed by atoms with Gasteiger partial charge in [0.15, 0.2) is 0 Å². The first kappa shape index (κ1) is 16.6. The highest BCUT2D eigenvalue weighted by molar-refractivity contribution is 5.95. The summed E-state index contributed by atoms with van der Waals surface area (Å²) < 4.78 is 5.18. The van der Waals surface area contributed by atoms with Gasteiger partial charge in [0, 0.05) is 18.4 Å². The number of ether oxygens (including phenoxy) is 1. The van der Waals surface area contributed by atoms with Gasteiger partial charge in [-0.1, -0.05) is 12.1 Å². The van der Waals surface area contributed by atoms with E-state index in [1.165, 1.54) is 0 Å². The Labute approximate surface area is 142 Å². The summed E-state index contributed by atoms with van der Waals surface area (Å²) in [4.78, 5) is 17.7. The second-order valence-electron chi connectivity index (χ2n) is 6.55. The Morgan fingerprint density at radius 1 is 1.33 bits per heavy atom. The summed E-state index contributed by atoms with van der Waals surface area (Å²) in [7, 11) is 1.61. The number of carbonyl (C=O) groups excluding carboxylic acids is 1. The van der Waals surface area contributed by atoms with Gasteiger partial charge in [-0.15, -0.1) is 0 Å². The molecule has 1 fully saturated rings. The Balaban J connectivity index is 1.88. The number of aromatic nitrogens is 1. The molecular formula is C19H24N2O3. The lowest BCUT2D eigenvalue weighted by atomic mass is 9.86. The number of methoxy groups -OCH3 is 1. The Bertz CT molecular complexity index is 718. The molecule has 1 aliphatic rings. The molecule has 2 atom stereocenters. The monoisotopic (exact) mass is 328 g/mol. The van der Waals surface area contributed by atoms with Crippen molar-refractivity contribution < 1.29 is 14.6 Å². The number of hydrogen-bond acceptors (Lipinski definition) is 3. The zero-order valence-electron chi connectivity index (χ0n) is 14.4. The second-order valence-corrected chi connectivity index (χ2v) is 6.55. The van der Waals surface area contributed by atoms with E-state index in [1.807, 2.05) is 31.2 Å². The molecule has 0 aliphatic carbocycles. The minimum atomic E-state index is -1.11. The lowest BCUT2D eigenvalue weighted by Gasteiger charge is -2.37. The number of H-pyrrole nitrogens is 1. The zero-order chi connectivity index (χ0) is 17.3. The minimum Gasteiger partial charge on any atom is -0.497 e. The van der Waals surface area contributed by atoms with Crippen LogP contribution in [0.1, 0.15) is 41.4 Å². The fourth-order valence-corrected chi connectivity index (χ4v) is 3.55. The van der Waals surface area contributed by atoms with Gasteiger partial charge in [0.25, 0.3) is 5.91 Å². The molecule has 5 nitrogen and oxygen atoms in total. The summed E-state index contributed by atoms with van der Waals surface area (Å²) in [6, 6.07) is 8.95. The number of rotatable bonds is 4. The average molecular weight is 328 g/mol. The average Bonchev–Trinajstić information content (AvgIpc) is 3.23. The van der Waals surface area contributed by atoms with Crippen molar-refractivity contribution in [3.8, 4) is 5.75 Å². The predicted molar refractivity (Wildman–Crippen MR) is 92.2 cm³/mol. The lowest BCUT2D eigenvalue weighted by Crippen LogP contribution is -2.48. The van der Waals surface area contributed by atoms with Crippen LogP contribution in [0.2, 0.25) is 0 Å². The third kappa shape index (κ3) is 2.80. The predicted octanol–water partition coefficient (Wildman–Crippen LogP) is 2.84. The molecule has 5 heteroatoms. The van der Waals surface area contributed by atoms with Crippen molar-refractivity contribution in [2.75, 3.05) is 13.7 Å². The van der Waals surface area contributed by atoms with Crippen LogP contribution in [0.3, 0.4) is 0 Å². The van der Waals surface area contributed by atoms with Crippen molar-refractivity contribution in [3.05, 3.63) is 53.3 Å². The molecule has 3 rings (SSSR count). The lowest BCUT2D eigenvalue weighted by molar-refractivity contribution is -0.0177. The van der Waals surface area contributed by atoms with Gasteiger partial charge >= 0.3 is 0 Å². The number of amides is 1. The van der Waals surface area contributed by atoms with Gasteiger partial charge in [0.1, 0.15) is 11.4 Å². The Morgan fingerprint density at radius 2 is 2.04 bits per heavy atom. The summed E-state index contributed by atoms with van der Waals surface area (Å²) >= 11 is 0. The number of nitrogens with zero attached hydrogens (tertiary/aromatic N) is 1. The van der Waals surface area contributed by atoms with Gasteiger partial charge in [-0.05, 0) is 50.5 Å². The molecule has 1 aromatic carbocycles. The first-order valence-electron chi connectivity index (χ1n) is 8.27. The van der Waals surface area contributed by atoms with Crippen molar-refractivity contribution >= 4 is 5.91 Å². The standard InChI is InChI=1S/C19H24N2O3/c1-13-16(10-11-20-13)18(22)21-12-4-5-17(21)19(2,23)14-6-8-15(24-3)9-7-14/h6-11,17,20,23H,4-5,12H2,1-3H3/t17-,19-/m0/s1. The number of nitrogens with one attached hydrogen (secondary N) is 1. The molecular weight excluding hydrogens is 304 g/mol. The van der Waals surface area contributed by atoms with Gasteiger partial charge in [-0.2, -0.15) is 0 Å². The van der Waals surface area contributed by atoms with Crippen LogP contribution in [0.5, 0.6) is 5.75 Å². The van der Waals surface area contributed by atoms with E-state index in [0.717, 1.165) is 29.8 Å². The van der Waals surface area contributed by atoms with Gasteiger partial charge in [-0.25, -0.2) is 0 Å². The first-order chi connectivity index (χ1) is 11.4. The van der Waals surface area contributed by atoms with Gasteiger partial charge < -0.3 is 19.7 Å². The van der Waals surface area contributed by atoms with E-state index in [2.05, 4.69) is 4.98 Å². The zero-order valence-corrected chi connectivity index (χ0v) is 14.4. The highest BCUT2D eigenvalue weighted by Gasteiger charge is 2.43. The van der Waals surface area contributed by atoms with Crippen molar-refractivity contribution in [3.63, 3.8) is 0 Å². The Hall–Kier alpha value is -2.27. The Kier molecular flexibility index (Phi) is 4.37. The van der Waals surface area contributed by atoms with Gasteiger partial charge in [-0.3, -0.25) is 4.79 Å². The van der Waals surface area contributed by atoms with Crippen LogP contribution in [0.15, 0.2) is 36.5 Å². The van der Waals surface area contributed by atoms with E-state index in [4.69, 9.17) is 4.74 Å². The van der Waals surface area contributed by atoms with Crippen LogP contribution < -0.4 is 4.74 Å². The molecule has 2 N–H and O–H groups in total. The Morgan fingerprint density at radius 3 is 2.62 bits per heavy atom. The third-order valence-electron chi connectivity index (χ3n) is 5.02. The molecule has 1 saturated heterocycles. The van der Waals surface area contributed by atoms with Crippen LogP contribution in [0, 0.1) is 6.92 Å². The van der Waals surface area contributed by atoms with E-state index in [9.17, 15) is 9.90 Å². The van der Waals surface area contributed by atoms with Gasteiger partial charge in [0.2, 0.25) is 0 Å². The number of aromatic amines is 1. The molecule has 1 amide bonds. The molecule has 2 heterocycles. The van der Waals surface area contributed by atoms with E-state index in [1.54, 1.807) is 31.2 Å². The molecule has 1 aliphatic heterocycles. The van der Waals surface area contributed by atoms with Crippen molar-refractivity contribution in [1.82, 2.24) is 9.88 Å². The molecule has 0 bridgehead atoms. The number of carbonyl (C=O) groups is 1. The van der Waals surface area contributed by atoms with Crippen LogP contribution in [-0.2, 0) is 5.60 Å². The quantitative estimate of drug-likeness (QED) is 0.907. The summed E-state index contributed by atoms with van der Waals surface area (Å²) in [5, 5.41) is 11.2. The largest absolute Gasteiger partial charge is 0.497 e. The number of aryl methyl sites for hydroxylation is 1. The summed E-state index contributed by atoms with van der Waals surface area (Å²) in [5.41, 5.74) is 1.21. The van der Waals surface area contributed by atoms with E-state index in [0.29, 0.717) is 12.1 Å². The maximum absolute atomic E-state index is 12.9. The molecule has 1 aromatic heterocycles. The molecule has 0 spiro atoms. The topological polar surface area (TPSA) is 65.6 Å². The van der Waals surface area contributed by atoms with Crippen molar-refractivity contribution in [2.45, 2.75) is 38.3 Å². The second kappa shape index (κ2) is 6.32. The normalized spacial score (nSPS) is 20.0. The van der Waals surface area contributed by atoms with Crippen LogP contribution in [0.4, 0.5) is 0 Å². The molecule has 2 aromatic rings. The van der Waals surface area contributed by atoms with Crippen LogP contribution in [-0.4, -0.2) is 40.6 Å². The number of aliphatic hydroxyl groups is 1. The summed E-state index contributed by atoms with van der Waals surface area (Å²) in [5.74, 6) is 0.724. The number of hydrogen-bond donors (Lipinski definition) is 2. The summed E-state index contributed by atoms with van der Waals surface area (Å²) in [6.07, 6.45) is 3.45. The van der Waals surface area contributed by atoms with E-state index in [-0.39, 0.29) is 11.9 Å². The molecule has 24 heavy (non-hydrogen) atoms. The van der Waals surface area contributed by atoms with E-state index >= 15 is 0 Å². The van der Waals surface area contributed by atoms with Crippen molar-refractivity contribution in [1.29, 1.82) is 0 Å². The number of likely N-dealkylation sites (tertiary alicyclic amines) is 1. The van der Waals surface area contributed by atoms with Crippen molar-refractivity contribution in [2.24, 2.45) is 0 Å². The fourth-order valence-electron chi connectivity index (χ4n) is 3.55. The third-order valence-corrected chi connectivity index (χ3v) is 5.02. The van der Waals surface area contributed by atoms with Crippen LogP contribution >= 0.6 is 0 Å². The van der Waals surface area contributed by atoms with E-state index < -0.39 is 5.60 Å². The number of benzene rings is 1. The van der Waals surface area contributed by atoms with Gasteiger partial charge in [0.05, 0.1) is 18.7 Å². The maximum atomic E-state index is 12.9. The summed E-state index contributed by atoms with van der Waals surface area (Å²) in [6.45, 7) is 4.34. The van der Waals surface area contributed by atoms with Crippen LogP contribution in [0.25, 0.3) is 0 Å². The molecule has 0 radical (unpaired) electrons. The molecule has 128 valence electrons. The highest BCUT2D eigenvalue weighted by atomic mass is 16.5. The first-order valence-corrected chi connectivity index (χ1v) is 8.27. The minimum absolute atomic E-state index is 0.0231. The maximum Gasteiger partial charge on any atom is 0.256 e. The fraction of sp³-hybridized carbons (Fsp3) is 0.421. The highest BCUT2D eigenvalue weighted by Crippen LogP contribution is 2.36. The SMILES string of the molecule is COc1ccc([C@](C)(O)[C@@H]2CCCN2C(=O)c2cc[nH]c2C)cc1.